The number of hydrogen-bond acceptors (Lipinski definition) is 2. The van der Waals surface area contributed by atoms with Gasteiger partial charge in [0.25, 0.3) is 5.91 Å². The lowest BCUT2D eigenvalue weighted by Gasteiger charge is -2.10. The van der Waals surface area contributed by atoms with E-state index in [1.165, 1.54) is 18.2 Å². The van der Waals surface area contributed by atoms with Gasteiger partial charge in [0.15, 0.2) is 0 Å². The summed E-state index contributed by atoms with van der Waals surface area (Å²) in [6, 6.07) is 8.81. The van der Waals surface area contributed by atoms with Crippen molar-refractivity contribution in [2.75, 3.05) is 11.1 Å². The average Bonchev–Trinajstić information content (AvgIpc) is 2.36. The van der Waals surface area contributed by atoms with Gasteiger partial charge in [0.2, 0.25) is 0 Å². The summed E-state index contributed by atoms with van der Waals surface area (Å²) in [5, 5.41) is 2.84. The number of amides is 1. The quantitative estimate of drug-likeness (QED) is 0.824. The van der Waals surface area contributed by atoms with E-state index in [1.54, 1.807) is 25.1 Å². The molecular formula is C14H12ClFN2O. The Morgan fingerprint density at radius 3 is 2.74 bits per heavy atom. The predicted octanol–water partition coefficient (Wildman–Crippen LogP) is 3.62. The Balaban J connectivity index is 2.30. The zero-order chi connectivity index (χ0) is 14.0. The molecular weight excluding hydrogens is 267 g/mol. The van der Waals surface area contributed by atoms with E-state index >= 15 is 0 Å². The summed E-state index contributed by atoms with van der Waals surface area (Å²) in [5.41, 5.74) is 7.57. The fourth-order valence-electron chi connectivity index (χ4n) is 1.67. The number of nitrogen functional groups attached to an aromatic ring is 1. The van der Waals surface area contributed by atoms with Crippen LogP contribution in [0.15, 0.2) is 36.4 Å². The maximum atomic E-state index is 13.1. The summed E-state index contributed by atoms with van der Waals surface area (Å²) < 4.78 is 13.1. The highest BCUT2D eigenvalue weighted by Gasteiger charge is 2.12. The van der Waals surface area contributed by atoms with Crippen LogP contribution in [0.1, 0.15) is 15.9 Å². The van der Waals surface area contributed by atoms with E-state index in [4.69, 9.17) is 17.3 Å². The molecule has 0 saturated heterocycles. The molecule has 2 rings (SSSR count). The minimum Gasteiger partial charge on any atom is -0.399 e. The molecule has 0 spiro atoms. The van der Waals surface area contributed by atoms with Gasteiger partial charge >= 0.3 is 0 Å². The first-order chi connectivity index (χ1) is 8.97. The van der Waals surface area contributed by atoms with Gasteiger partial charge in [-0.2, -0.15) is 0 Å². The van der Waals surface area contributed by atoms with Crippen LogP contribution in [0, 0.1) is 12.7 Å². The molecule has 2 aromatic carbocycles. The highest BCUT2D eigenvalue weighted by molar-refractivity contribution is 6.33. The van der Waals surface area contributed by atoms with E-state index in [9.17, 15) is 9.18 Å². The van der Waals surface area contributed by atoms with Gasteiger partial charge in [-0.05, 0) is 42.8 Å². The van der Waals surface area contributed by atoms with Crippen LogP contribution in [0.3, 0.4) is 0 Å². The van der Waals surface area contributed by atoms with Crippen LogP contribution in [0.2, 0.25) is 5.02 Å². The van der Waals surface area contributed by atoms with Crippen LogP contribution >= 0.6 is 11.6 Å². The molecule has 0 aliphatic rings. The van der Waals surface area contributed by atoms with Gasteiger partial charge in [-0.25, -0.2) is 4.39 Å². The second kappa shape index (κ2) is 5.28. The van der Waals surface area contributed by atoms with Crippen molar-refractivity contribution in [1.82, 2.24) is 0 Å². The van der Waals surface area contributed by atoms with Crippen LogP contribution in [-0.4, -0.2) is 5.91 Å². The third-order valence-corrected chi connectivity index (χ3v) is 3.01. The van der Waals surface area contributed by atoms with Crippen molar-refractivity contribution >= 4 is 28.9 Å². The predicted molar refractivity (Wildman–Crippen MR) is 75.0 cm³/mol. The lowest BCUT2D eigenvalue weighted by molar-refractivity contribution is 0.102. The van der Waals surface area contributed by atoms with Gasteiger partial charge in [-0.3, -0.25) is 4.79 Å². The molecule has 0 unspecified atom stereocenters. The van der Waals surface area contributed by atoms with Crippen LogP contribution in [0.4, 0.5) is 15.8 Å². The van der Waals surface area contributed by atoms with Crippen molar-refractivity contribution in [3.63, 3.8) is 0 Å². The minimum absolute atomic E-state index is 0.230. The van der Waals surface area contributed by atoms with E-state index < -0.39 is 5.82 Å². The molecule has 3 N–H and O–H groups in total. The van der Waals surface area contributed by atoms with E-state index in [-0.39, 0.29) is 16.6 Å². The number of benzene rings is 2. The SMILES string of the molecule is Cc1ccc(N)cc1C(=O)Nc1cc(F)ccc1Cl. The zero-order valence-corrected chi connectivity index (χ0v) is 11.0. The number of nitrogens with two attached hydrogens (primary N) is 1. The highest BCUT2D eigenvalue weighted by Crippen LogP contribution is 2.23. The van der Waals surface area contributed by atoms with Gasteiger partial charge in [0.1, 0.15) is 5.82 Å². The van der Waals surface area contributed by atoms with Crippen LogP contribution in [0.5, 0.6) is 0 Å². The summed E-state index contributed by atoms with van der Waals surface area (Å²) >= 11 is 5.89. The summed E-state index contributed by atoms with van der Waals surface area (Å²) in [6.07, 6.45) is 0. The standard InChI is InChI=1S/C14H12ClFN2O/c1-8-2-4-10(17)7-11(8)14(19)18-13-6-9(16)3-5-12(13)15/h2-7H,17H2,1H3,(H,18,19). The number of carbonyl (C=O) groups is 1. The van der Waals surface area contributed by atoms with Crippen LogP contribution in [-0.2, 0) is 0 Å². The lowest BCUT2D eigenvalue weighted by atomic mass is 10.1. The first kappa shape index (κ1) is 13.4. The Kier molecular flexibility index (Phi) is 3.71. The summed E-state index contributed by atoms with van der Waals surface area (Å²) in [7, 11) is 0. The Hall–Kier alpha value is -2.07. The van der Waals surface area contributed by atoms with Crippen molar-refractivity contribution in [3.8, 4) is 0 Å². The van der Waals surface area contributed by atoms with Gasteiger partial charge in [-0.15, -0.1) is 0 Å². The Labute approximate surface area is 115 Å². The number of halogens is 2. The van der Waals surface area contributed by atoms with Crippen molar-refractivity contribution < 1.29 is 9.18 Å². The molecule has 5 heteroatoms. The molecule has 0 aliphatic heterocycles. The molecule has 0 heterocycles. The maximum Gasteiger partial charge on any atom is 0.256 e. The normalized spacial score (nSPS) is 10.3. The molecule has 0 fully saturated rings. The average molecular weight is 279 g/mol. The van der Waals surface area contributed by atoms with Gasteiger partial charge < -0.3 is 11.1 Å². The van der Waals surface area contributed by atoms with Crippen LogP contribution < -0.4 is 11.1 Å². The number of aryl methyl sites for hydroxylation is 1. The van der Waals surface area contributed by atoms with Crippen molar-refractivity contribution in [2.24, 2.45) is 0 Å². The molecule has 0 atom stereocenters. The molecule has 1 amide bonds. The van der Waals surface area contributed by atoms with E-state index in [0.717, 1.165) is 5.56 Å². The monoisotopic (exact) mass is 278 g/mol. The molecule has 0 aliphatic carbocycles. The number of hydrogen-bond donors (Lipinski definition) is 2. The van der Waals surface area contributed by atoms with Gasteiger partial charge in [-0.1, -0.05) is 17.7 Å². The lowest BCUT2D eigenvalue weighted by Crippen LogP contribution is -2.14. The largest absolute Gasteiger partial charge is 0.399 e. The maximum absolute atomic E-state index is 13.1. The fourth-order valence-corrected chi connectivity index (χ4v) is 1.83. The molecule has 3 nitrogen and oxygen atoms in total. The van der Waals surface area contributed by atoms with E-state index in [0.29, 0.717) is 11.3 Å². The van der Waals surface area contributed by atoms with Gasteiger partial charge in [0, 0.05) is 11.3 Å². The number of anilines is 2. The number of nitrogens with one attached hydrogen (secondary N) is 1. The smallest absolute Gasteiger partial charge is 0.256 e. The molecule has 0 radical (unpaired) electrons. The first-order valence-corrected chi connectivity index (χ1v) is 5.97. The Bertz CT molecular complexity index is 643. The molecule has 0 saturated carbocycles. The summed E-state index contributed by atoms with van der Waals surface area (Å²) in [6.45, 7) is 1.79. The topological polar surface area (TPSA) is 55.1 Å². The second-order valence-electron chi connectivity index (χ2n) is 4.15. The minimum atomic E-state index is -0.469. The summed E-state index contributed by atoms with van der Waals surface area (Å²) in [5.74, 6) is -0.846. The van der Waals surface area contributed by atoms with Crippen molar-refractivity contribution in [1.29, 1.82) is 0 Å². The third kappa shape index (κ3) is 3.03. The Morgan fingerprint density at radius 1 is 1.26 bits per heavy atom. The van der Waals surface area contributed by atoms with Gasteiger partial charge in [0.05, 0.1) is 10.7 Å². The first-order valence-electron chi connectivity index (χ1n) is 5.60. The zero-order valence-electron chi connectivity index (χ0n) is 10.2. The van der Waals surface area contributed by atoms with E-state index in [1.807, 2.05) is 0 Å². The molecule has 98 valence electrons. The Morgan fingerprint density at radius 2 is 2.00 bits per heavy atom. The highest BCUT2D eigenvalue weighted by atomic mass is 35.5. The number of carbonyl (C=O) groups excluding carboxylic acids is 1. The van der Waals surface area contributed by atoms with Crippen LogP contribution in [0.25, 0.3) is 0 Å². The second-order valence-corrected chi connectivity index (χ2v) is 4.56. The van der Waals surface area contributed by atoms with E-state index in [2.05, 4.69) is 5.32 Å². The van der Waals surface area contributed by atoms with Crippen molar-refractivity contribution in [3.05, 3.63) is 58.4 Å². The molecule has 0 bridgehead atoms. The molecule has 2 aromatic rings. The third-order valence-electron chi connectivity index (χ3n) is 2.68. The summed E-state index contributed by atoms with van der Waals surface area (Å²) in [4.78, 5) is 12.1. The molecule has 19 heavy (non-hydrogen) atoms. The molecule has 0 aromatic heterocycles. The number of rotatable bonds is 2. The van der Waals surface area contributed by atoms with Crippen molar-refractivity contribution in [2.45, 2.75) is 6.92 Å². The fraction of sp³-hybridized carbons (Fsp3) is 0.0714.